The maximum atomic E-state index is 6.94. The first-order valence-electron chi connectivity index (χ1n) is 14.2. The summed E-state index contributed by atoms with van der Waals surface area (Å²) in [6.07, 6.45) is 0. The zero-order valence-corrected chi connectivity index (χ0v) is 23.6. The number of para-hydroxylation sites is 3. The number of fused-ring (bicyclic) bond motifs is 4. The van der Waals surface area contributed by atoms with Crippen molar-refractivity contribution in [2.24, 2.45) is 0 Å². The third-order valence-electron chi connectivity index (χ3n) is 8.28. The molecule has 0 saturated carbocycles. The van der Waals surface area contributed by atoms with E-state index in [1.165, 1.54) is 43.7 Å². The van der Waals surface area contributed by atoms with Crippen LogP contribution in [0.2, 0.25) is 5.02 Å². The van der Waals surface area contributed by atoms with E-state index in [-0.39, 0.29) is 0 Å². The average molecular weight is 556 g/mol. The average Bonchev–Trinajstić information content (AvgIpc) is 3.39. The SMILES string of the molecule is Clc1ccc(-c2cccc(-c3ccccc3)c2-n2c3ccccc3c3ccccc32)cc1-c1cccc2ccccc12. The first-order valence-corrected chi connectivity index (χ1v) is 14.6. The molecule has 0 spiro atoms. The molecule has 0 radical (unpaired) electrons. The van der Waals surface area contributed by atoms with Gasteiger partial charge in [-0.3, -0.25) is 0 Å². The minimum Gasteiger partial charge on any atom is -0.308 e. The van der Waals surface area contributed by atoms with E-state index < -0.39 is 0 Å². The Balaban J connectivity index is 1.46. The third kappa shape index (κ3) is 3.94. The number of halogens is 1. The van der Waals surface area contributed by atoms with Gasteiger partial charge in [-0.2, -0.15) is 0 Å². The minimum atomic E-state index is 0.743. The van der Waals surface area contributed by atoms with Gasteiger partial charge in [0, 0.05) is 32.5 Å². The summed E-state index contributed by atoms with van der Waals surface area (Å²) in [6.45, 7) is 0. The highest BCUT2D eigenvalue weighted by atomic mass is 35.5. The molecule has 0 fully saturated rings. The van der Waals surface area contributed by atoms with Crippen LogP contribution in [0.4, 0.5) is 0 Å². The molecular weight excluding hydrogens is 530 g/mol. The van der Waals surface area contributed by atoms with E-state index in [1.54, 1.807) is 0 Å². The number of rotatable bonds is 4. The van der Waals surface area contributed by atoms with E-state index in [0.29, 0.717) is 0 Å². The number of benzene rings is 7. The van der Waals surface area contributed by atoms with Crippen LogP contribution in [0.3, 0.4) is 0 Å². The maximum Gasteiger partial charge on any atom is 0.0618 e. The molecule has 1 heterocycles. The molecule has 198 valence electrons. The Morgan fingerprint density at radius 3 is 1.67 bits per heavy atom. The van der Waals surface area contributed by atoms with E-state index in [0.717, 1.165) is 33.0 Å². The van der Waals surface area contributed by atoms with Crippen molar-refractivity contribution in [2.75, 3.05) is 0 Å². The van der Waals surface area contributed by atoms with Crippen LogP contribution in [-0.2, 0) is 0 Å². The van der Waals surface area contributed by atoms with Gasteiger partial charge in [0.25, 0.3) is 0 Å². The molecule has 0 bridgehead atoms. The Kier molecular flexibility index (Phi) is 5.91. The standard InChI is InChI=1S/C40H26ClN/c41-37-25-24-29(26-36(37)33-21-10-15-27-14-4-5-16-30(27)33)32-20-11-19-31(28-12-2-1-3-13-28)40(32)42-38-22-8-6-17-34(38)35-18-7-9-23-39(35)42/h1-26H. The van der Waals surface area contributed by atoms with Gasteiger partial charge >= 0.3 is 0 Å². The summed E-state index contributed by atoms with van der Waals surface area (Å²) in [4.78, 5) is 0. The predicted molar refractivity (Wildman–Crippen MR) is 180 cm³/mol. The second-order valence-electron chi connectivity index (χ2n) is 10.7. The number of nitrogens with zero attached hydrogens (tertiary/aromatic N) is 1. The maximum absolute atomic E-state index is 6.94. The molecular formula is C40H26ClN. The van der Waals surface area contributed by atoms with Crippen molar-refractivity contribution in [1.29, 1.82) is 0 Å². The van der Waals surface area contributed by atoms with Crippen molar-refractivity contribution in [2.45, 2.75) is 0 Å². The van der Waals surface area contributed by atoms with E-state index in [9.17, 15) is 0 Å². The van der Waals surface area contributed by atoms with E-state index in [1.807, 2.05) is 6.07 Å². The van der Waals surface area contributed by atoms with Crippen molar-refractivity contribution in [3.63, 3.8) is 0 Å². The summed E-state index contributed by atoms with van der Waals surface area (Å²) in [7, 11) is 0. The van der Waals surface area contributed by atoms with Gasteiger partial charge in [-0.25, -0.2) is 0 Å². The molecule has 7 aromatic carbocycles. The van der Waals surface area contributed by atoms with Crippen LogP contribution in [0, 0.1) is 0 Å². The summed E-state index contributed by atoms with van der Waals surface area (Å²) < 4.78 is 2.44. The van der Waals surface area contributed by atoms with Crippen LogP contribution >= 0.6 is 11.6 Å². The molecule has 8 rings (SSSR count). The molecule has 2 heteroatoms. The molecule has 1 nitrogen and oxygen atoms in total. The fourth-order valence-electron chi connectivity index (χ4n) is 6.39. The molecule has 0 aliphatic carbocycles. The Bertz CT molecular complexity index is 2200. The molecule has 8 aromatic rings. The van der Waals surface area contributed by atoms with Crippen LogP contribution < -0.4 is 0 Å². The number of hydrogen-bond donors (Lipinski definition) is 0. The zero-order valence-electron chi connectivity index (χ0n) is 22.8. The molecule has 0 aliphatic heterocycles. The monoisotopic (exact) mass is 555 g/mol. The van der Waals surface area contributed by atoms with E-state index >= 15 is 0 Å². The molecule has 42 heavy (non-hydrogen) atoms. The van der Waals surface area contributed by atoms with Gasteiger partial charge in [-0.15, -0.1) is 0 Å². The lowest BCUT2D eigenvalue weighted by molar-refractivity contribution is 1.18. The number of hydrogen-bond acceptors (Lipinski definition) is 0. The zero-order chi connectivity index (χ0) is 28.0. The van der Waals surface area contributed by atoms with Gasteiger partial charge < -0.3 is 4.57 Å². The predicted octanol–water partition coefficient (Wildman–Crippen LogP) is 11.6. The van der Waals surface area contributed by atoms with Gasteiger partial charge in [0.15, 0.2) is 0 Å². The molecule has 0 saturated heterocycles. The van der Waals surface area contributed by atoms with Crippen molar-refractivity contribution in [3.8, 4) is 39.1 Å². The summed E-state index contributed by atoms with van der Waals surface area (Å²) in [5.41, 5.74) is 10.3. The van der Waals surface area contributed by atoms with Crippen LogP contribution in [0.15, 0.2) is 158 Å². The topological polar surface area (TPSA) is 4.93 Å². The highest BCUT2D eigenvalue weighted by Crippen LogP contribution is 2.43. The Morgan fingerprint density at radius 2 is 0.929 bits per heavy atom. The molecule has 0 atom stereocenters. The molecule has 0 aliphatic rings. The lowest BCUT2D eigenvalue weighted by Crippen LogP contribution is -2.00. The van der Waals surface area contributed by atoms with Crippen LogP contribution in [-0.4, -0.2) is 4.57 Å². The van der Waals surface area contributed by atoms with Gasteiger partial charge in [-0.1, -0.05) is 145 Å². The highest BCUT2D eigenvalue weighted by molar-refractivity contribution is 6.34. The van der Waals surface area contributed by atoms with Crippen molar-refractivity contribution in [3.05, 3.63) is 163 Å². The molecule has 0 N–H and O–H groups in total. The second kappa shape index (κ2) is 10.1. The summed E-state index contributed by atoms with van der Waals surface area (Å²) in [6, 6.07) is 56.1. The molecule has 0 unspecified atom stereocenters. The van der Waals surface area contributed by atoms with Gasteiger partial charge in [0.05, 0.1) is 16.7 Å². The largest absolute Gasteiger partial charge is 0.308 e. The smallest absolute Gasteiger partial charge is 0.0618 e. The summed E-state index contributed by atoms with van der Waals surface area (Å²) in [5.74, 6) is 0. The Hall–Kier alpha value is -5.11. The molecule has 0 amide bonds. The second-order valence-corrected chi connectivity index (χ2v) is 11.1. The molecule has 1 aromatic heterocycles. The highest BCUT2D eigenvalue weighted by Gasteiger charge is 2.20. The quantitative estimate of drug-likeness (QED) is 0.203. The van der Waals surface area contributed by atoms with Crippen molar-refractivity contribution >= 4 is 44.2 Å². The first-order chi connectivity index (χ1) is 20.8. The van der Waals surface area contributed by atoms with Crippen molar-refractivity contribution in [1.82, 2.24) is 4.57 Å². The lowest BCUT2D eigenvalue weighted by atomic mass is 9.92. The third-order valence-corrected chi connectivity index (χ3v) is 8.61. The van der Waals surface area contributed by atoms with Crippen LogP contribution in [0.1, 0.15) is 0 Å². The fraction of sp³-hybridized carbons (Fsp3) is 0. The first kappa shape index (κ1) is 24.7. The van der Waals surface area contributed by atoms with Crippen LogP contribution in [0.5, 0.6) is 0 Å². The summed E-state index contributed by atoms with van der Waals surface area (Å²) >= 11 is 6.94. The summed E-state index contributed by atoms with van der Waals surface area (Å²) in [5, 5.41) is 5.63. The van der Waals surface area contributed by atoms with E-state index in [4.69, 9.17) is 11.6 Å². The van der Waals surface area contributed by atoms with Gasteiger partial charge in [0.1, 0.15) is 0 Å². The van der Waals surface area contributed by atoms with Gasteiger partial charge in [0.2, 0.25) is 0 Å². The normalized spacial score (nSPS) is 11.5. The minimum absolute atomic E-state index is 0.743. The van der Waals surface area contributed by atoms with Gasteiger partial charge in [-0.05, 0) is 51.7 Å². The Morgan fingerprint density at radius 1 is 0.381 bits per heavy atom. The lowest BCUT2D eigenvalue weighted by Gasteiger charge is -2.20. The van der Waals surface area contributed by atoms with Crippen molar-refractivity contribution < 1.29 is 0 Å². The Labute approximate surface area is 249 Å². The van der Waals surface area contributed by atoms with Crippen LogP contribution in [0.25, 0.3) is 71.6 Å². The number of aromatic nitrogens is 1. The van der Waals surface area contributed by atoms with E-state index in [2.05, 4.69) is 156 Å². The fourth-order valence-corrected chi connectivity index (χ4v) is 6.61.